The lowest BCUT2D eigenvalue weighted by molar-refractivity contribution is 0.487. The van der Waals surface area contributed by atoms with Crippen LogP contribution in [0.2, 0.25) is 0 Å². The van der Waals surface area contributed by atoms with Crippen LogP contribution in [0.1, 0.15) is 22.3 Å². The van der Waals surface area contributed by atoms with Crippen molar-refractivity contribution in [1.29, 1.82) is 0 Å². The average Bonchev–Trinajstić information content (AvgIpc) is 3.75. The van der Waals surface area contributed by atoms with Crippen molar-refractivity contribution in [2.24, 2.45) is 0 Å². The van der Waals surface area contributed by atoms with Crippen LogP contribution in [-0.4, -0.2) is 4.57 Å². The number of hydrogen-bond donors (Lipinski definition) is 0. The first-order chi connectivity index (χ1) is 27.3. The van der Waals surface area contributed by atoms with Crippen LogP contribution in [0.15, 0.2) is 200 Å². The Morgan fingerprint density at radius 1 is 0.364 bits per heavy atom. The maximum Gasteiger partial charge on any atom is 0.136 e. The van der Waals surface area contributed by atoms with Crippen LogP contribution in [0.25, 0.3) is 71.6 Å². The second kappa shape index (κ2) is 11.4. The summed E-state index contributed by atoms with van der Waals surface area (Å²) in [5, 5.41) is 4.82. The molecule has 2 heterocycles. The minimum atomic E-state index is -0.449. The first-order valence-electron chi connectivity index (χ1n) is 19.0. The molecule has 9 aromatic carbocycles. The van der Waals surface area contributed by atoms with Gasteiger partial charge in [-0.15, -0.1) is 0 Å². The zero-order chi connectivity index (χ0) is 36.1. The van der Waals surface area contributed by atoms with E-state index in [0.717, 1.165) is 33.7 Å². The third-order valence-corrected chi connectivity index (χ3v) is 12.1. The van der Waals surface area contributed by atoms with Gasteiger partial charge in [0.05, 0.1) is 22.1 Å². The van der Waals surface area contributed by atoms with Gasteiger partial charge >= 0.3 is 0 Å². The molecule has 1 aliphatic heterocycles. The third kappa shape index (κ3) is 4.14. The van der Waals surface area contributed by atoms with Crippen molar-refractivity contribution in [1.82, 2.24) is 4.57 Å². The highest BCUT2D eigenvalue weighted by Crippen LogP contribution is 2.57. The second-order valence-corrected chi connectivity index (χ2v) is 14.8. The lowest BCUT2D eigenvalue weighted by atomic mass is 9.67. The predicted octanol–water partition coefficient (Wildman–Crippen LogP) is 13.7. The van der Waals surface area contributed by atoms with E-state index in [1.807, 2.05) is 0 Å². The molecule has 0 amide bonds. The predicted molar refractivity (Wildman–Crippen MR) is 227 cm³/mol. The van der Waals surface area contributed by atoms with E-state index in [1.54, 1.807) is 0 Å². The zero-order valence-corrected chi connectivity index (χ0v) is 29.9. The number of hydrogen-bond acceptors (Lipinski definition) is 1. The number of aromatic nitrogens is 1. The second-order valence-electron chi connectivity index (χ2n) is 14.8. The molecule has 2 aliphatic rings. The van der Waals surface area contributed by atoms with E-state index in [2.05, 4.69) is 205 Å². The largest absolute Gasteiger partial charge is 0.456 e. The molecule has 55 heavy (non-hydrogen) atoms. The van der Waals surface area contributed by atoms with Crippen LogP contribution in [0, 0.1) is 0 Å². The highest BCUT2D eigenvalue weighted by atomic mass is 16.5. The first-order valence-corrected chi connectivity index (χ1v) is 19.0. The van der Waals surface area contributed by atoms with Gasteiger partial charge < -0.3 is 9.30 Å². The monoisotopic (exact) mass is 699 g/mol. The van der Waals surface area contributed by atoms with Crippen molar-refractivity contribution in [2.75, 3.05) is 0 Å². The van der Waals surface area contributed by atoms with Gasteiger partial charge in [-0.1, -0.05) is 158 Å². The van der Waals surface area contributed by atoms with Gasteiger partial charge in [-0.25, -0.2) is 0 Å². The molecule has 1 aliphatic carbocycles. The van der Waals surface area contributed by atoms with E-state index in [4.69, 9.17) is 4.74 Å². The number of nitrogens with zero attached hydrogens (tertiary/aromatic N) is 1. The van der Waals surface area contributed by atoms with Gasteiger partial charge in [0.1, 0.15) is 11.5 Å². The molecule has 0 saturated carbocycles. The van der Waals surface area contributed by atoms with Crippen LogP contribution in [0.4, 0.5) is 0 Å². The Bertz CT molecular complexity index is 3080. The van der Waals surface area contributed by atoms with Gasteiger partial charge in [0.25, 0.3) is 0 Å². The molecule has 0 N–H and O–H groups in total. The van der Waals surface area contributed by atoms with Gasteiger partial charge in [0, 0.05) is 27.1 Å². The van der Waals surface area contributed by atoms with Crippen molar-refractivity contribution < 1.29 is 4.74 Å². The lowest BCUT2D eigenvalue weighted by Crippen LogP contribution is -2.28. The molecule has 0 bridgehead atoms. The summed E-state index contributed by atoms with van der Waals surface area (Å²) in [5.74, 6) is 1.77. The number of fused-ring (bicyclic) bond motifs is 8. The zero-order valence-electron chi connectivity index (χ0n) is 29.9. The molecule has 0 atom stereocenters. The molecule has 0 fully saturated rings. The topological polar surface area (TPSA) is 14.2 Å². The summed E-state index contributed by atoms with van der Waals surface area (Å²) < 4.78 is 9.15. The van der Waals surface area contributed by atoms with E-state index in [9.17, 15) is 0 Å². The Balaban J connectivity index is 1.05. The van der Waals surface area contributed by atoms with Gasteiger partial charge in [-0.3, -0.25) is 0 Å². The summed E-state index contributed by atoms with van der Waals surface area (Å²) in [6, 6.07) is 73.2. The molecule has 12 rings (SSSR count). The standard InChI is InChI=1S/C53H33NO/c1-3-14-36(15-4-1)53(37-16-5-2-6-17-37)45-23-10-7-18-38(45)39-28-26-35(33-46(39)53)34-27-30-50-44(32-34)42-21-13-22-43-49(29-31-51(55-50)52(42)43)54-47-24-11-8-19-40(47)41-20-9-12-25-48(41)54/h1-33H. The molecule has 256 valence electrons. The molecule has 2 nitrogen and oxygen atoms in total. The molecule has 1 aromatic heterocycles. The summed E-state index contributed by atoms with van der Waals surface area (Å²) in [6.07, 6.45) is 0. The Labute approximate surface area is 319 Å². The Morgan fingerprint density at radius 3 is 1.67 bits per heavy atom. The average molecular weight is 700 g/mol. The Hall–Kier alpha value is -7.16. The van der Waals surface area contributed by atoms with E-state index in [1.165, 1.54) is 71.7 Å². The van der Waals surface area contributed by atoms with Crippen molar-refractivity contribution >= 4 is 32.6 Å². The van der Waals surface area contributed by atoms with E-state index in [0.29, 0.717) is 0 Å². The number of ether oxygens (including phenoxy) is 1. The van der Waals surface area contributed by atoms with Crippen LogP contribution < -0.4 is 4.74 Å². The maximum absolute atomic E-state index is 6.74. The molecule has 2 heteroatoms. The van der Waals surface area contributed by atoms with Gasteiger partial charge in [-0.2, -0.15) is 0 Å². The Morgan fingerprint density at radius 2 is 0.927 bits per heavy atom. The fraction of sp³-hybridized carbons (Fsp3) is 0.0189. The summed E-state index contributed by atoms with van der Waals surface area (Å²) in [4.78, 5) is 0. The molecular formula is C53H33NO. The fourth-order valence-corrected chi connectivity index (χ4v) is 9.80. The van der Waals surface area contributed by atoms with Gasteiger partial charge in [0.2, 0.25) is 0 Å². The van der Waals surface area contributed by atoms with Gasteiger partial charge in [-0.05, 0) is 92.5 Å². The Kier molecular flexibility index (Phi) is 6.29. The first kappa shape index (κ1) is 30.3. The molecule has 10 aromatic rings. The number of para-hydroxylation sites is 2. The van der Waals surface area contributed by atoms with Crippen LogP contribution in [0.5, 0.6) is 11.5 Å². The molecule has 0 spiro atoms. The van der Waals surface area contributed by atoms with E-state index < -0.39 is 5.41 Å². The highest BCUT2D eigenvalue weighted by Gasteiger charge is 2.46. The highest BCUT2D eigenvalue weighted by molar-refractivity contribution is 6.13. The maximum atomic E-state index is 6.74. The summed E-state index contributed by atoms with van der Waals surface area (Å²) in [6.45, 7) is 0. The van der Waals surface area contributed by atoms with Crippen molar-refractivity contribution in [2.45, 2.75) is 5.41 Å². The fourth-order valence-electron chi connectivity index (χ4n) is 9.80. The van der Waals surface area contributed by atoms with Crippen LogP contribution >= 0.6 is 0 Å². The van der Waals surface area contributed by atoms with Crippen molar-refractivity contribution in [3.8, 4) is 50.6 Å². The van der Waals surface area contributed by atoms with Gasteiger partial charge in [0.15, 0.2) is 0 Å². The normalized spacial score (nSPS) is 13.4. The molecular weight excluding hydrogens is 667 g/mol. The number of rotatable bonds is 4. The van der Waals surface area contributed by atoms with E-state index >= 15 is 0 Å². The lowest BCUT2D eigenvalue weighted by Gasteiger charge is -2.34. The molecule has 0 radical (unpaired) electrons. The number of benzene rings is 9. The van der Waals surface area contributed by atoms with Crippen molar-refractivity contribution in [3.05, 3.63) is 222 Å². The quantitative estimate of drug-likeness (QED) is 0.178. The van der Waals surface area contributed by atoms with E-state index in [-0.39, 0.29) is 0 Å². The summed E-state index contributed by atoms with van der Waals surface area (Å²) in [7, 11) is 0. The van der Waals surface area contributed by atoms with Crippen molar-refractivity contribution in [3.63, 3.8) is 0 Å². The molecule has 0 saturated heterocycles. The molecule has 0 unspecified atom stereocenters. The minimum Gasteiger partial charge on any atom is -0.456 e. The smallest absolute Gasteiger partial charge is 0.136 e. The SMILES string of the molecule is c1ccc(C2(c3ccccc3)c3ccccc3-c3ccc(-c4ccc5c(c4)-c4cccc6c(-n7c8ccccc8c8ccccc87)ccc(c46)O5)cc32)cc1. The van der Waals surface area contributed by atoms with Crippen LogP contribution in [0.3, 0.4) is 0 Å². The van der Waals surface area contributed by atoms with Crippen LogP contribution in [-0.2, 0) is 5.41 Å². The summed E-state index contributed by atoms with van der Waals surface area (Å²) in [5.41, 5.74) is 15.5. The summed E-state index contributed by atoms with van der Waals surface area (Å²) >= 11 is 0. The third-order valence-electron chi connectivity index (χ3n) is 12.1. The minimum absolute atomic E-state index is 0.449.